The van der Waals surface area contributed by atoms with Crippen LogP contribution in [-0.4, -0.2) is 17.8 Å². The zero-order valence-corrected chi connectivity index (χ0v) is 12.7. The molecule has 124 valence electrons. The van der Waals surface area contributed by atoms with E-state index in [1.807, 2.05) is 30.3 Å². The van der Waals surface area contributed by atoms with Crippen LogP contribution in [0.1, 0.15) is 23.1 Å². The minimum atomic E-state index is -4.33. The number of rotatable bonds is 7. The van der Waals surface area contributed by atoms with E-state index in [2.05, 4.69) is 5.32 Å². The maximum atomic E-state index is 12.6. The predicted molar refractivity (Wildman–Crippen MR) is 83.9 cm³/mol. The number of aliphatic hydroxyl groups excluding tert-OH is 1. The Labute approximate surface area is 134 Å². The van der Waals surface area contributed by atoms with Crippen LogP contribution in [0.3, 0.4) is 0 Å². The maximum Gasteiger partial charge on any atom is 0.416 e. The van der Waals surface area contributed by atoms with Crippen molar-refractivity contribution in [1.29, 1.82) is 0 Å². The van der Waals surface area contributed by atoms with Crippen molar-refractivity contribution in [2.75, 3.05) is 6.54 Å². The van der Waals surface area contributed by atoms with E-state index in [-0.39, 0.29) is 0 Å². The summed E-state index contributed by atoms with van der Waals surface area (Å²) < 4.78 is 37.9. The summed E-state index contributed by atoms with van der Waals surface area (Å²) in [6.07, 6.45) is -3.47. The van der Waals surface area contributed by atoms with Gasteiger partial charge >= 0.3 is 6.18 Å². The fourth-order valence-corrected chi connectivity index (χ4v) is 2.32. The summed E-state index contributed by atoms with van der Waals surface area (Å²) >= 11 is 0. The molecule has 2 nitrogen and oxygen atoms in total. The Morgan fingerprint density at radius 1 is 0.957 bits per heavy atom. The molecular weight excluding hydrogens is 303 g/mol. The van der Waals surface area contributed by atoms with E-state index in [1.54, 1.807) is 6.07 Å². The third-order valence-electron chi connectivity index (χ3n) is 3.57. The van der Waals surface area contributed by atoms with E-state index in [0.717, 1.165) is 24.1 Å². The molecule has 0 saturated heterocycles. The van der Waals surface area contributed by atoms with Crippen LogP contribution in [0, 0.1) is 0 Å². The van der Waals surface area contributed by atoms with Crippen LogP contribution in [0.25, 0.3) is 0 Å². The van der Waals surface area contributed by atoms with Gasteiger partial charge in [0.1, 0.15) is 0 Å². The van der Waals surface area contributed by atoms with E-state index in [1.165, 1.54) is 6.07 Å². The molecule has 0 saturated carbocycles. The van der Waals surface area contributed by atoms with Gasteiger partial charge in [0, 0.05) is 13.1 Å². The molecule has 0 spiro atoms. The zero-order valence-electron chi connectivity index (χ0n) is 12.7. The largest absolute Gasteiger partial charge is 0.416 e. The molecule has 0 aliphatic heterocycles. The van der Waals surface area contributed by atoms with Gasteiger partial charge < -0.3 is 10.4 Å². The van der Waals surface area contributed by atoms with Crippen molar-refractivity contribution in [3.63, 3.8) is 0 Å². The molecule has 0 fully saturated rings. The molecule has 2 N–H and O–H groups in total. The van der Waals surface area contributed by atoms with Gasteiger partial charge in [-0.25, -0.2) is 0 Å². The maximum absolute atomic E-state index is 12.6. The molecule has 1 atom stereocenters. The van der Waals surface area contributed by atoms with Crippen LogP contribution in [0.5, 0.6) is 0 Å². The van der Waals surface area contributed by atoms with Crippen molar-refractivity contribution < 1.29 is 18.3 Å². The normalized spacial score (nSPS) is 13.0. The van der Waals surface area contributed by atoms with Gasteiger partial charge in [-0.2, -0.15) is 13.2 Å². The number of halogens is 3. The molecule has 5 heteroatoms. The minimum absolute atomic E-state index is 0.298. The van der Waals surface area contributed by atoms with E-state index in [4.69, 9.17) is 0 Å². The summed E-state index contributed by atoms with van der Waals surface area (Å²) in [7, 11) is 0. The van der Waals surface area contributed by atoms with Crippen molar-refractivity contribution >= 4 is 0 Å². The third-order valence-corrected chi connectivity index (χ3v) is 3.57. The van der Waals surface area contributed by atoms with Crippen LogP contribution in [0.4, 0.5) is 13.2 Å². The van der Waals surface area contributed by atoms with Crippen molar-refractivity contribution in [3.8, 4) is 0 Å². The number of hydrogen-bond donors (Lipinski definition) is 2. The minimum Gasteiger partial charge on any atom is -0.392 e. The highest BCUT2D eigenvalue weighted by Gasteiger charge is 2.30. The van der Waals surface area contributed by atoms with E-state index < -0.39 is 17.8 Å². The van der Waals surface area contributed by atoms with Crippen molar-refractivity contribution in [2.45, 2.75) is 31.7 Å². The Balaban J connectivity index is 1.74. The summed E-state index contributed by atoms with van der Waals surface area (Å²) in [5.41, 5.74) is 1.06. The van der Waals surface area contributed by atoms with Crippen LogP contribution in [-0.2, 0) is 19.1 Å². The monoisotopic (exact) mass is 323 g/mol. The molecule has 0 aliphatic carbocycles. The summed E-state index contributed by atoms with van der Waals surface area (Å²) in [6, 6.07) is 15.1. The van der Waals surface area contributed by atoms with Gasteiger partial charge in [0.05, 0.1) is 11.7 Å². The molecule has 2 aromatic rings. The smallest absolute Gasteiger partial charge is 0.392 e. The Morgan fingerprint density at radius 2 is 1.65 bits per heavy atom. The van der Waals surface area contributed by atoms with Crippen molar-refractivity contribution in [2.24, 2.45) is 0 Å². The molecular formula is C18H20F3NO. The molecule has 0 heterocycles. The highest BCUT2D eigenvalue weighted by atomic mass is 19.4. The molecule has 0 amide bonds. The number of alkyl halides is 3. The van der Waals surface area contributed by atoms with Gasteiger partial charge in [0.25, 0.3) is 0 Å². The second-order valence-electron chi connectivity index (χ2n) is 5.51. The van der Waals surface area contributed by atoms with Gasteiger partial charge in [0.2, 0.25) is 0 Å². The van der Waals surface area contributed by atoms with E-state index in [0.29, 0.717) is 25.1 Å². The fourth-order valence-electron chi connectivity index (χ4n) is 2.32. The molecule has 2 rings (SSSR count). The van der Waals surface area contributed by atoms with Crippen LogP contribution < -0.4 is 5.32 Å². The summed E-state index contributed by atoms with van der Waals surface area (Å²) in [5, 5.41) is 12.9. The molecule has 0 aromatic heterocycles. The molecule has 23 heavy (non-hydrogen) atoms. The lowest BCUT2D eigenvalue weighted by molar-refractivity contribution is -0.137. The molecule has 2 aromatic carbocycles. The lowest BCUT2D eigenvalue weighted by atomic mass is 10.1. The summed E-state index contributed by atoms with van der Waals surface area (Å²) in [4.78, 5) is 0. The number of nitrogens with one attached hydrogen (secondary N) is 1. The third kappa shape index (κ3) is 6.04. The van der Waals surface area contributed by atoms with E-state index >= 15 is 0 Å². The first-order chi connectivity index (χ1) is 10.9. The fraction of sp³-hybridized carbons (Fsp3) is 0.333. The standard InChI is InChI=1S/C18H20F3NO/c19-18(20,21)16-8-4-7-15(11-16)12-22-13-17(23)10-9-14-5-2-1-3-6-14/h1-8,11,17,22-23H,9-10,12-13H2. The predicted octanol–water partition coefficient (Wildman–Crippen LogP) is 3.79. The average molecular weight is 323 g/mol. The number of hydrogen-bond acceptors (Lipinski definition) is 2. The summed E-state index contributed by atoms with van der Waals surface area (Å²) in [5.74, 6) is 0. The molecule has 1 unspecified atom stereocenters. The Morgan fingerprint density at radius 3 is 2.35 bits per heavy atom. The number of aliphatic hydroxyl groups is 1. The lowest BCUT2D eigenvalue weighted by Gasteiger charge is -2.13. The second-order valence-corrected chi connectivity index (χ2v) is 5.51. The van der Waals surface area contributed by atoms with Gasteiger partial charge in [-0.05, 0) is 30.0 Å². The van der Waals surface area contributed by atoms with Gasteiger partial charge in [-0.15, -0.1) is 0 Å². The SMILES string of the molecule is OC(CCc1ccccc1)CNCc1cccc(C(F)(F)F)c1. The van der Waals surface area contributed by atoms with Crippen LogP contribution in [0.15, 0.2) is 54.6 Å². The van der Waals surface area contributed by atoms with Crippen molar-refractivity contribution in [3.05, 3.63) is 71.3 Å². The first-order valence-corrected chi connectivity index (χ1v) is 7.54. The topological polar surface area (TPSA) is 32.3 Å². The van der Waals surface area contributed by atoms with Crippen molar-refractivity contribution in [1.82, 2.24) is 5.32 Å². The highest BCUT2D eigenvalue weighted by Crippen LogP contribution is 2.29. The Kier molecular flexibility index (Phi) is 6.19. The zero-order chi connectivity index (χ0) is 16.7. The van der Waals surface area contributed by atoms with Crippen LogP contribution in [0.2, 0.25) is 0 Å². The number of aryl methyl sites for hydroxylation is 1. The van der Waals surface area contributed by atoms with Gasteiger partial charge in [0.15, 0.2) is 0 Å². The first-order valence-electron chi connectivity index (χ1n) is 7.54. The highest BCUT2D eigenvalue weighted by molar-refractivity contribution is 5.25. The average Bonchev–Trinajstić information content (AvgIpc) is 2.53. The van der Waals surface area contributed by atoms with Crippen LogP contribution >= 0.6 is 0 Å². The summed E-state index contributed by atoms with van der Waals surface area (Å²) in [6.45, 7) is 0.648. The van der Waals surface area contributed by atoms with E-state index in [9.17, 15) is 18.3 Å². The Bertz CT molecular complexity index is 599. The molecule has 0 bridgehead atoms. The van der Waals surface area contributed by atoms with Gasteiger partial charge in [-0.1, -0.05) is 48.5 Å². The lowest BCUT2D eigenvalue weighted by Crippen LogP contribution is -2.26. The number of benzene rings is 2. The molecule has 0 aliphatic rings. The molecule has 0 radical (unpaired) electrons. The van der Waals surface area contributed by atoms with Gasteiger partial charge in [-0.3, -0.25) is 0 Å². The second kappa shape index (κ2) is 8.13. The Hall–Kier alpha value is -1.85. The first kappa shape index (κ1) is 17.5. The quantitative estimate of drug-likeness (QED) is 0.812.